The molecule has 2 heterocycles. The van der Waals surface area contributed by atoms with Gasteiger partial charge in [0.15, 0.2) is 5.96 Å². The topological polar surface area (TPSA) is 72.9 Å². The summed E-state index contributed by atoms with van der Waals surface area (Å²) in [4.78, 5) is 24.6. The van der Waals surface area contributed by atoms with Crippen molar-refractivity contribution >= 4 is 41.7 Å². The smallest absolute Gasteiger partial charge is 0.243 e. The van der Waals surface area contributed by atoms with Gasteiger partial charge in [-0.15, -0.1) is 24.0 Å². The molecular weight excluding hydrogens is 443 g/mol. The molecule has 144 valence electrons. The molecule has 1 aromatic rings. The lowest BCUT2D eigenvalue weighted by molar-refractivity contribution is -0.127. The Bertz CT molecular complexity index is 597. The SMILES string of the molecule is CN(C)C(=O)CN=C(NC1CC1)NC1CCN(c2ccccn2)CC1.I. The highest BCUT2D eigenvalue weighted by molar-refractivity contribution is 14.0. The van der Waals surface area contributed by atoms with E-state index in [1.165, 1.54) is 12.8 Å². The second-order valence-corrected chi connectivity index (χ2v) is 6.97. The minimum absolute atomic E-state index is 0. The van der Waals surface area contributed by atoms with Gasteiger partial charge < -0.3 is 20.4 Å². The van der Waals surface area contributed by atoms with E-state index in [9.17, 15) is 4.79 Å². The van der Waals surface area contributed by atoms with Crippen LogP contribution >= 0.6 is 24.0 Å². The van der Waals surface area contributed by atoms with Gasteiger partial charge in [-0.1, -0.05) is 6.07 Å². The van der Waals surface area contributed by atoms with Crippen LogP contribution in [0.2, 0.25) is 0 Å². The first-order valence-corrected chi connectivity index (χ1v) is 9.05. The number of piperidine rings is 1. The number of likely N-dealkylation sites (N-methyl/N-ethyl adjacent to an activating group) is 1. The van der Waals surface area contributed by atoms with Gasteiger partial charge in [0, 0.05) is 45.5 Å². The van der Waals surface area contributed by atoms with E-state index < -0.39 is 0 Å². The van der Waals surface area contributed by atoms with E-state index in [1.54, 1.807) is 19.0 Å². The Morgan fingerprint density at radius 1 is 1.19 bits per heavy atom. The second kappa shape index (κ2) is 9.94. The first-order chi connectivity index (χ1) is 12.1. The van der Waals surface area contributed by atoms with Crippen molar-refractivity contribution in [3.8, 4) is 0 Å². The van der Waals surface area contributed by atoms with E-state index in [2.05, 4.69) is 31.6 Å². The predicted octanol–water partition coefficient (Wildman–Crippen LogP) is 1.45. The summed E-state index contributed by atoms with van der Waals surface area (Å²) in [5.74, 6) is 1.83. The number of aromatic nitrogens is 1. The Labute approximate surface area is 172 Å². The third kappa shape index (κ3) is 6.30. The number of hydrogen-bond donors (Lipinski definition) is 2. The molecule has 2 aliphatic rings. The molecule has 1 saturated heterocycles. The molecule has 0 aromatic carbocycles. The van der Waals surface area contributed by atoms with Crippen LogP contribution in [0.3, 0.4) is 0 Å². The van der Waals surface area contributed by atoms with E-state index in [0.29, 0.717) is 12.1 Å². The van der Waals surface area contributed by atoms with Gasteiger partial charge in [-0.25, -0.2) is 9.98 Å². The van der Waals surface area contributed by atoms with Crippen molar-refractivity contribution in [1.82, 2.24) is 20.5 Å². The van der Waals surface area contributed by atoms with Crippen LogP contribution in [0.25, 0.3) is 0 Å². The van der Waals surface area contributed by atoms with Crippen LogP contribution in [0.5, 0.6) is 0 Å². The number of guanidine groups is 1. The summed E-state index contributed by atoms with van der Waals surface area (Å²) in [5.41, 5.74) is 0. The maximum atomic E-state index is 11.8. The van der Waals surface area contributed by atoms with Crippen LogP contribution < -0.4 is 15.5 Å². The third-order valence-corrected chi connectivity index (χ3v) is 4.60. The van der Waals surface area contributed by atoms with Crippen molar-refractivity contribution in [2.45, 2.75) is 37.8 Å². The van der Waals surface area contributed by atoms with Gasteiger partial charge in [0.05, 0.1) is 0 Å². The highest BCUT2D eigenvalue weighted by atomic mass is 127. The summed E-state index contributed by atoms with van der Waals surface area (Å²) < 4.78 is 0. The van der Waals surface area contributed by atoms with Crippen molar-refractivity contribution < 1.29 is 4.79 Å². The largest absolute Gasteiger partial charge is 0.356 e. The zero-order chi connectivity index (χ0) is 17.6. The predicted molar refractivity (Wildman–Crippen MR) is 115 cm³/mol. The second-order valence-electron chi connectivity index (χ2n) is 6.97. The van der Waals surface area contributed by atoms with Crippen LogP contribution in [0.4, 0.5) is 5.82 Å². The first-order valence-electron chi connectivity index (χ1n) is 9.05. The summed E-state index contributed by atoms with van der Waals surface area (Å²) in [7, 11) is 3.51. The number of nitrogens with zero attached hydrogens (tertiary/aromatic N) is 4. The maximum absolute atomic E-state index is 11.8. The number of amides is 1. The molecule has 26 heavy (non-hydrogen) atoms. The van der Waals surface area contributed by atoms with Crippen molar-refractivity contribution in [2.75, 3.05) is 38.6 Å². The molecule has 2 N–H and O–H groups in total. The van der Waals surface area contributed by atoms with Crippen molar-refractivity contribution in [1.29, 1.82) is 0 Å². The third-order valence-electron chi connectivity index (χ3n) is 4.60. The number of anilines is 1. The van der Waals surface area contributed by atoms with Gasteiger partial charge in [-0.3, -0.25) is 4.79 Å². The first kappa shape index (κ1) is 20.7. The number of carbonyl (C=O) groups is 1. The minimum atomic E-state index is 0. The number of pyridine rings is 1. The lowest BCUT2D eigenvalue weighted by Gasteiger charge is -2.33. The van der Waals surface area contributed by atoms with Crippen molar-refractivity contribution in [3.63, 3.8) is 0 Å². The summed E-state index contributed by atoms with van der Waals surface area (Å²) in [6.07, 6.45) is 6.26. The van der Waals surface area contributed by atoms with Crippen LogP contribution in [-0.4, -0.2) is 67.6 Å². The van der Waals surface area contributed by atoms with E-state index in [4.69, 9.17) is 0 Å². The molecule has 7 nitrogen and oxygen atoms in total. The summed E-state index contributed by atoms with van der Waals surface area (Å²) in [5, 5.41) is 6.93. The zero-order valence-electron chi connectivity index (χ0n) is 15.5. The van der Waals surface area contributed by atoms with Crippen molar-refractivity contribution in [2.24, 2.45) is 4.99 Å². The Kier molecular flexibility index (Phi) is 7.92. The Morgan fingerprint density at radius 3 is 2.38 bits per heavy atom. The van der Waals surface area contributed by atoms with Gasteiger partial charge in [0.25, 0.3) is 0 Å². The Hall–Kier alpha value is -1.58. The Morgan fingerprint density at radius 2 is 1.85 bits per heavy atom. The number of nitrogens with one attached hydrogen (secondary N) is 2. The van der Waals surface area contributed by atoms with Gasteiger partial charge >= 0.3 is 0 Å². The molecule has 1 aromatic heterocycles. The monoisotopic (exact) mass is 472 g/mol. The molecule has 1 amide bonds. The number of rotatable bonds is 5. The fourth-order valence-electron chi connectivity index (χ4n) is 2.83. The standard InChI is InChI=1S/C18H28N6O.HI/c1-23(2)17(25)13-20-18(21-14-6-7-14)22-15-8-11-24(12-9-15)16-5-3-4-10-19-16;/h3-5,10,14-15H,6-9,11-13H2,1-2H3,(H2,20,21,22);1H. The van der Waals surface area contributed by atoms with Crippen LogP contribution in [0.15, 0.2) is 29.4 Å². The van der Waals surface area contributed by atoms with Crippen LogP contribution in [0, 0.1) is 0 Å². The lowest BCUT2D eigenvalue weighted by atomic mass is 10.1. The van der Waals surface area contributed by atoms with Crippen LogP contribution in [-0.2, 0) is 4.79 Å². The number of hydrogen-bond acceptors (Lipinski definition) is 4. The molecule has 0 radical (unpaired) electrons. The number of carbonyl (C=O) groups excluding carboxylic acids is 1. The van der Waals surface area contributed by atoms with Crippen molar-refractivity contribution in [3.05, 3.63) is 24.4 Å². The minimum Gasteiger partial charge on any atom is -0.356 e. The summed E-state index contributed by atoms with van der Waals surface area (Å²) in [6.45, 7) is 2.13. The molecule has 0 spiro atoms. The molecule has 1 aliphatic carbocycles. The average Bonchev–Trinajstić information content (AvgIpc) is 3.44. The maximum Gasteiger partial charge on any atom is 0.243 e. The fourth-order valence-corrected chi connectivity index (χ4v) is 2.83. The van der Waals surface area contributed by atoms with E-state index >= 15 is 0 Å². The molecule has 0 unspecified atom stereocenters. The summed E-state index contributed by atoms with van der Waals surface area (Å²) in [6, 6.07) is 6.91. The zero-order valence-corrected chi connectivity index (χ0v) is 17.8. The molecule has 1 aliphatic heterocycles. The molecule has 8 heteroatoms. The molecule has 1 saturated carbocycles. The number of aliphatic imine (C=N–C) groups is 1. The van der Waals surface area contributed by atoms with E-state index in [0.717, 1.165) is 37.7 Å². The van der Waals surface area contributed by atoms with Gasteiger partial charge in [0.1, 0.15) is 12.4 Å². The highest BCUT2D eigenvalue weighted by Gasteiger charge is 2.25. The fraction of sp³-hybridized carbons (Fsp3) is 0.611. The summed E-state index contributed by atoms with van der Waals surface area (Å²) >= 11 is 0. The normalized spacial score (nSPS) is 18.1. The molecule has 0 atom stereocenters. The highest BCUT2D eigenvalue weighted by Crippen LogP contribution is 2.19. The molecule has 3 rings (SSSR count). The lowest BCUT2D eigenvalue weighted by Crippen LogP contribution is -2.49. The molecular formula is C18H29IN6O. The van der Waals surface area contributed by atoms with Crippen LogP contribution in [0.1, 0.15) is 25.7 Å². The van der Waals surface area contributed by atoms with Gasteiger partial charge in [-0.05, 0) is 37.8 Å². The van der Waals surface area contributed by atoms with Gasteiger partial charge in [0.2, 0.25) is 5.91 Å². The molecule has 2 fully saturated rings. The Balaban J connectivity index is 0.00000243. The van der Waals surface area contributed by atoms with E-state index in [1.807, 2.05) is 18.3 Å². The van der Waals surface area contributed by atoms with E-state index in [-0.39, 0.29) is 36.4 Å². The quantitative estimate of drug-likeness (QED) is 0.386. The molecule has 0 bridgehead atoms. The average molecular weight is 472 g/mol. The van der Waals surface area contributed by atoms with Gasteiger partial charge in [-0.2, -0.15) is 0 Å². The number of halogens is 1.